The number of pyridine rings is 2. The van der Waals surface area contributed by atoms with Crippen molar-refractivity contribution >= 4 is 0 Å². The maximum Gasteiger partial charge on any atom is 0.0723 e. The summed E-state index contributed by atoms with van der Waals surface area (Å²) in [7, 11) is 0. The van der Waals surface area contributed by atoms with E-state index in [1.54, 1.807) is 0 Å². The molecule has 0 aliphatic rings. The Kier molecular flexibility index (Phi) is 3.99. The molecule has 0 saturated carbocycles. The molecule has 1 aromatic carbocycles. The zero-order valence-electron chi connectivity index (χ0n) is 14.4. The van der Waals surface area contributed by atoms with Crippen LogP contribution in [0.2, 0.25) is 0 Å². The van der Waals surface area contributed by atoms with Gasteiger partial charge in [-0.05, 0) is 69.0 Å². The predicted molar refractivity (Wildman–Crippen MR) is 96.6 cm³/mol. The molecule has 2 nitrogen and oxygen atoms in total. The van der Waals surface area contributed by atoms with E-state index in [4.69, 9.17) is 4.98 Å². The molecule has 116 valence electrons. The van der Waals surface area contributed by atoms with Crippen molar-refractivity contribution in [3.05, 3.63) is 70.7 Å². The van der Waals surface area contributed by atoms with Crippen molar-refractivity contribution in [2.24, 2.45) is 0 Å². The van der Waals surface area contributed by atoms with Gasteiger partial charge in [0, 0.05) is 28.7 Å². The highest BCUT2D eigenvalue weighted by atomic mass is 14.7. The molecule has 0 fully saturated rings. The van der Waals surface area contributed by atoms with Crippen molar-refractivity contribution in [2.75, 3.05) is 0 Å². The molecule has 3 rings (SSSR count). The normalized spacial score (nSPS) is 10.8. The van der Waals surface area contributed by atoms with E-state index in [2.05, 4.69) is 69.1 Å². The minimum atomic E-state index is 0.988. The largest absolute Gasteiger partial charge is 0.258 e. The molecule has 0 aliphatic carbocycles. The molecule has 0 N–H and O–H groups in total. The van der Waals surface area contributed by atoms with E-state index in [0.717, 1.165) is 22.6 Å². The van der Waals surface area contributed by atoms with Crippen LogP contribution in [0, 0.1) is 34.6 Å². The second kappa shape index (κ2) is 5.96. The van der Waals surface area contributed by atoms with E-state index >= 15 is 0 Å². The van der Waals surface area contributed by atoms with Gasteiger partial charge in [0.1, 0.15) is 0 Å². The lowest BCUT2D eigenvalue weighted by Crippen LogP contribution is -1.97. The third kappa shape index (κ3) is 2.89. The lowest BCUT2D eigenvalue weighted by molar-refractivity contribution is 1.10. The van der Waals surface area contributed by atoms with Gasteiger partial charge in [0.05, 0.1) is 5.69 Å². The average Bonchev–Trinajstić information content (AvgIpc) is 2.47. The van der Waals surface area contributed by atoms with Gasteiger partial charge in [-0.25, -0.2) is 0 Å². The summed E-state index contributed by atoms with van der Waals surface area (Å²) in [6.07, 6.45) is 1.98. The molecular formula is C21H22N2. The van der Waals surface area contributed by atoms with Gasteiger partial charge in [-0.3, -0.25) is 9.97 Å². The standard InChI is InChI=1S/C21H22N2/c1-13-7-6-8-14(2)20(13)18-9-10-19(22-12-18)21-15(3)11-16(4)23-17(21)5/h6-12H,1-5H3. The van der Waals surface area contributed by atoms with Crippen molar-refractivity contribution in [2.45, 2.75) is 34.6 Å². The maximum atomic E-state index is 4.72. The summed E-state index contributed by atoms with van der Waals surface area (Å²) >= 11 is 0. The highest BCUT2D eigenvalue weighted by Crippen LogP contribution is 2.30. The van der Waals surface area contributed by atoms with E-state index in [1.165, 1.54) is 27.8 Å². The zero-order valence-corrected chi connectivity index (χ0v) is 14.4. The topological polar surface area (TPSA) is 25.8 Å². The summed E-state index contributed by atoms with van der Waals surface area (Å²) in [6, 6.07) is 12.8. The second-order valence-electron chi connectivity index (χ2n) is 6.24. The Balaban J connectivity index is 2.07. The van der Waals surface area contributed by atoms with E-state index in [-0.39, 0.29) is 0 Å². The zero-order chi connectivity index (χ0) is 16.6. The molecular weight excluding hydrogens is 280 g/mol. The third-order valence-electron chi connectivity index (χ3n) is 4.32. The van der Waals surface area contributed by atoms with E-state index < -0.39 is 0 Å². The third-order valence-corrected chi connectivity index (χ3v) is 4.32. The molecule has 0 spiro atoms. The first-order valence-electron chi connectivity index (χ1n) is 7.95. The number of rotatable bonds is 2. The summed E-state index contributed by atoms with van der Waals surface area (Å²) in [6.45, 7) is 10.5. The Hall–Kier alpha value is -2.48. The summed E-state index contributed by atoms with van der Waals surface area (Å²) in [5, 5.41) is 0. The van der Waals surface area contributed by atoms with Crippen molar-refractivity contribution in [3.8, 4) is 22.4 Å². The molecule has 0 radical (unpaired) electrons. The molecule has 2 aromatic heterocycles. The molecule has 0 amide bonds. The fourth-order valence-electron chi connectivity index (χ4n) is 3.37. The second-order valence-corrected chi connectivity index (χ2v) is 6.24. The Morgan fingerprint density at radius 1 is 0.739 bits per heavy atom. The van der Waals surface area contributed by atoms with Gasteiger partial charge < -0.3 is 0 Å². The first-order valence-corrected chi connectivity index (χ1v) is 7.95. The van der Waals surface area contributed by atoms with Crippen molar-refractivity contribution in [1.82, 2.24) is 9.97 Å². The van der Waals surface area contributed by atoms with Crippen LogP contribution in [0.25, 0.3) is 22.4 Å². The number of aromatic nitrogens is 2. The van der Waals surface area contributed by atoms with Crippen LogP contribution in [-0.2, 0) is 0 Å². The number of hydrogen-bond donors (Lipinski definition) is 0. The molecule has 0 unspecified atom stereocenters. The number of nitrogens with zero attached hydrogens (tertiary/aromatic N) is 2. The minimum Gasteiger partial charge on any atom is -0.258 e. The molecule has 0 atom stereocenters. The number of hydrogen-bond acceptors (Lipinski definition) is 2. The van der Waals surface area contributed by atoms with Crippen LogP contribution in [0.3, 0.4) is 0 Å². The SMILES string of the molecule is Cc1cc(C)c(-c2ccc(-c3c(C)cccc3C)cn2)c(C)n1. The van der Waals surface area contributed by atoms with Gasteiger partial charge in [-0.15, -0.1) is 0 Å². The number of aryl methyl sites for hydroxylation is 5. The van der Waals surface area contributed by atoms with E-state index in [9.17, 15) is 0 Å². The number of benzene rings is 1. The molecule has 0 aliphatic heterocycles. The first-order chi connectivity index (χ1) is 11.0. The minimum absolute atomic E-state index is 0.988. The van der Waals surface area contributed by atoms with Gasteiger partial charge in [0.15, 0.2) is 0 Å². The predicted octanol–water partition coefficient (Wildman–Crippen LogP) is 5.35. The van der Waals surface area contributed by atoms with Gasteiger partial charge in [-0.1, -0.05) is 24.3 Å². The molecule has 2 heterocycles. The molecule has 0 saturated heterocycles. The van der Waals surface area contributed by atoms with Crippen LogP contribution in [0.5, 0.6) is 0 Å². The van der Waals surface area contributed by atoms with Crippen LogP contribution in [0.1, 0.15) is 28.1 Å². The fourth-order valence-corrected chi connectivity index (χ4v) is 3.37. The van der Waals surface area contributed by atoms with Gasteiger partial charge in [-0.2, -0.15) is 0 Å². The Labute approximate surface area is 138 Å². The van der Waals surface area contributed by atoms with E-state index in [1.807, 2.05) is 13.1 Å². The molecule has 2 heteroatoms. The smallest absolute Gasteiger partial charge is 0.0723 e. The highest BCUT2D eigenvalue weighted by molar-refractivity contribution is 5.73. The lowest BCUT2D eigenvalue weighted by atomic mass is 9.96. The summed E-state index contributed by atoms with van der Waals surface area (Å²) in [4.78, 5) is 9.30. The summed E-state index contributed by atoms with van der Waals surface area (Å²) in [5.74, 6) is 0. The van der Waals surface area contributed by atoms with Crippen LogP contribution in [0.15, 0.2) is 42.6 Å². The fraction of sp³-hybridized carbons (Fsp3) is 0.238. The van der Waals surface area contributed by atoms with Gasteiger partial charge in [0.25, 0.3) is 0 Å². The average molecular weight is 302 g/mol. The monoisotopic (exact) mass is 302 g/mol. The molecule has 23 heavy (non-hydrogen) atoms. The van der Waals surface area contributed by atoms with Gasteiger partial charge in [0.2, 0.25) is 0 Å². The summed E-state index contributed by atoms with van der Waals surface area (Å²) < 4.78 is 0. The Morgan fingerprint density at radius 3 is 2.00 bits per heavy atom. The summed E-state index contributed by atoms with van der Waals surface area (Å²) in [5.41, 5.74) is 10.5. The molecule has 3 aromatic rings. The van der Waals surface area contributed by atoms with Crippen molar-refractivity contribution in [1.29, 1.82) is 0 Å². The molecule has 0 bridgehead atoms. The van der Waals surface area contributed by atoms with Crippen LogP contribution < -0.4 is 0 Å². The lowest BCUT2D eigenvalue weighted by Gasteiger charge is -2.12. The van der Waals surface area contributed by atoms with Crippen LogP contribution in [-0.4, -0.2) is 9.97 Å². The quantitative estimate of drug-likeness (QED) is 0.637. The Bertz CT molecular complexity index is 818. The highest BCUT2D eigenvalue weighted by Gasteiger charge is 2.11. The van der Waals surface area contributed by atoms with Crippen LogP contribution in [0.4, 0.5) is 0 Å². The Morgan fingerprint density at radius 2 is 1.43 bits per heavy atom. The van der Waals surface area contributed by atoms with Gasteiger partial charge >= 0.3 is 0 Å². The van der Waals surface area contributed by atoms with Crippen molar-refractivity contribution < 1.29 is 0 Å². The van der Waals surface area contributed by atoms with Crippen molar-refractivity contribution in [3.63, 3.8) is 0 Å². The van der Waals surface area contributed by atoms with Crippen LogP contribution >= 0.6 is 0 Å². The maximum absolute atomic E-state index is 4.72. The van der Waals surface area contributed by atoms with E-state index in [0.29, 0.717) is 0 Å². The first kappa shape index (κ1) is 15.4.